The maximum Gasteiger partial charge on any atom is 0.320 e. The van der Waals surface area contributed by atoms with Crippen LogP contribution in [0.15, 0.2) is 54.7 Å². The van der Waals surface area contributed by atoms with Crippen LogP contribution in [0.5, 0.6) is 5.75 Å². The summed E-state index contributed by atoms with van der Waals surface area (Å²) in [4.78, 5) is 22.3. The molecule has 1 aliphatic rings. The summed E-state index contributed by atoms with van der Waals surface area (Å²) >= 11 is 6.22. The number of piperazine rings is 1. The van der Waals surface area contributed by atoms with Gasteiger partial charge in [-0.05, 0) is 59.9 Å². The number of benzene rings is 2. The van der Waals surface area contributed by atoms with Crippen molar-refractivity contribution < 1.29 is 14.6 Å². The van der Waals surface area contributed by atoms with Gasteiger partial charge in [0.2, 0.25) is 0 Å². The average Bonchev–Trinajstić information content (AvgIpc) is 3.28. The molecule has 2 amide bonds. The Morgan fingerprint density at radius 3 is 2.39 bits per heavy atom. The summed E-state index contributed by atoms with van der Waals surface area (Å²) < 4.78 is 7.14. The monoisotopic (exact) mass is 576 g/mol. The van der Waals surface area contributed by atoms with E-state index in [9.17, 15) is 4.79 Å². The number of hydrogen-bond acceptors (Lipinski definition) is 6. The van der Waals surface area contributed by atoms with Crippen LogP contribution in [0.3, 0.4) is 0 Å². The number of pyridine rings is 1. The minimum absolute atomic E-state index is 0.219. The van der Waals surface area contributed by atoms with Gasteiger partial charge in [0.15, 0.2) is 0 Å². The number of aryl methyl sites for hydroxylation is 2. The number of aromatic nitrogens is 2. The Hall–Kier alpha value is -3.63. The molecule has 0 aliphatic carbocycles. The van der Waals surface area contributed by atoms with Gasteiger partial charge in [0.25, 0.3) is 0 Å². The summed E-state index contributed by atoms with van der Waals surface area (Å²) in [7, 11) is 1.57. The van der Waals surface area contributed by atoms with Gasteiger partial charge >= 0.3 is 6.03 Å². The van der Waals surface area contributed by atoms with E-state index in [-0.39, 0.29) is 12.6 Å². The third-order valence-corrected chi connectivity index (χ3v) is 7.85. The van der Waals surface area contributed by atoms with Crippen molar-refractivity contribution in [1.82, 2.24) is 24.5 Å². The molecular weight excluding hydrogens is 540 g/mol. The van der Waals surface area contributed by atoms with E-state index in [1.807, 2.05) is 30.5 Å². The number of rotatable bonds is 9. The number of carbonyl (C=O) groups excluding carboxylic acids is 1. The first kappa shape index (κ1) is 28.9. The Labute approximate surface area is 245 Å². The summed E-state index contributed by atoms with van der Waals surface area (Å²) in [6.07, 6.45) is 2.02. The van der Waals surface area contributed by atoms with Crippen molar-refractivity contribution in [3.8, 4) is 16.9 Å². The highest BCUT2D eigenvalue weighted by molar-refractivity contribution is 6.32. The van der Waals surface area contributed by atoms with Gasteiger partial charge in [0, 0.05) is 52.0 Å². The highest BCUT2D eigenvalue weighted by Gasteiger charge is 2.17. The van der Waals surface area contributed by atoms with Gasteiger partial charge in [-0.15, -0.1) is 0 Å². The zero-order valence-electron chi connectivity index (χ0n) is 23.8. The van der Waals surface area contributed by atoms with Crippen molar-refractivity contribution in [2.45, 2.75) is 26.9 Å². The van der Waals surface area contributed by atoms with Crippen LogP contribution >= 0.6 is 11.6 Å². The highest BCUT2D eigenvalue weighted by atomic mass is 35.5. The lowest BCUT2D eigenvalue weighted by atomic mass is 10.0. The van der Waals surface area contributed by atoms with Crippen LogP contribution in [0.25, 0.3) is 16.8 Å². The van der Waals surface area contributed by atoms with E-state index in [1.54, 1.807) is 19.2 Å². The van der Waals surface area contributed by atoms with Gasteiger partial charge in [-0.3, -0.25) is 19.5 Å². The maximum atomic E-state index is 12.8. The molecule has 0 atom stereocenters. The molecule has 3 heterocycles. The number of nitrogens with zero attached hydrogens (tertiary/aromatic N) is 4. The number of ether oxygens (including phenoxy) is 1. The van der Waals surface area contributed by atoms with E-state index in [1.165, 1.54) is 5.56 Å². The van der Waals surface area contributed by atoms with E-state index in [0.29, 0.717) is 23.1 Å². The van der Waals surface area contributed by atoms with Crippen LogP contribution in [0.1, 0.15) is 22.4 Å². The molecule has 1 fully saturated rings. The van der Waals surface area contributed by atoms with E-state index in [2.05, 4.69) is 50.8 Å². The van der Waals surface area contributed by atoms with E-state index >= 15 is 0 Å². The third-order valence-electron chi connectivity index (χ3n) is 7.55. The molecule has 0 unspecified atom stereocenters. The molecular formula is C31H37ClN6O3. The number of aliphatic hydroxyl groups is 1. The number of urea groups is 1. The van der Waals surface area contributed by atoms with E-state index in [4.69, 9.17) is 26.4 Å². The Morgan fingerprint density at radius 1 is 1.00 bits per heavy atom. The minimum atomic E-state index is -0.327. The van der Waals surface area contributed by atoms with Gasteiger partial charge in [-0.2, -0.15) is 0 Å². The maximum absolute atomic E-state index is 12.8. The number of hydrogen-bond donors (Lipinski definition) is 3. The molecule has 2 aromatic heterocycles. The molecule has 3 N–H and O–H groups in total. The Morgan fingerprint density at radius 2 is 1.71 bits per heavy atom. The number of nitrogens with one attached hydrogen (secondary N) is 2. The minimum Gasteiger partial charge on any atom is -0.495 e. The van der Waals surface area contributed by atoms with Gasteiger partial charge in [0.1, 0.15) is 17.2 Å². The topological polar surface area (TPSA) is 94.4 Å². The fourth-order valence-electron chi connectivity index (χ4n) is 5.26. The molecule has 1 aliphatic heterocycles. The number of halogens is 1. The second-order valence-electron chi connectivity index (χ2n) is 10.5. The number of amides is 2. The smallest absolute Gasteiger partial charge is 0.320 e. The number of anilines is 1. The summed E-state index contributed by atoms with van der Waals surface area (Å²) in [5.41, 5.74) is 6.86. The van der Waals surface area contributed by atoms with Crippen LogP contribution in [0.2, 0.25) is 5.02 Å². The fourth-order valence-corrected chi connectivity index (χ4v) is 5.54. The van der Waals surface area contributed by atoms with Gasteiger partial charge in [-0.25, -0.2) is 9.78 Å². The number of aliphatic hydroxyl groups excluding tert-OH is 1. The van der Waals surface area contributed by atoms with Gasteiger partial charge < -0.3 is 15.2 Å². The lowest BCUT2D eigenvalue weighted by Crippen LogP contribution is -2.46. The molecule has 0 bridgehead atoms. The normalized spacial score (nSPS) is 14.4. The zero-order valence-corrected chi connectivity index (χ0v) is 24.5. The molecule has 0 saturated carbocycles. The molecule has 5 rings (SSSR count). The second-order valence-corrected chi connectivity index (χ2v) is 10.9. The van der Waals surface area contributed by atoms with Crippen molar-refractivity contribution in [3.05, 3.63) is 82.1 Å². The molecule has 41 heavy (non-hydrogen) atoms. The van der Waals surface area contributed by atoms with Gasteiger partial charge in [0.05, 0.1) is 24.4 Å². The number of carbonyl (C=O) groups is 1. The number of imidazole rings is 1. The predicted molar refractivity (Wildman–Crippen MR) is 163 cm³/mol. The van der Waals surface area contributed by atoms with E-state index < -0.39 is 0 Å². The number of methoxy groups -OCH3 is 1. The van der Waals surface area contributed by atoms with Crippen molar-refractivity contribution in [2.75, 3.05) is 51.8 Å². The molecule has 1 saturated heterocycles. The summed E-state index contributed by atoms with van der Waals surface area (Å²) in [6, 6.07) is 15.9. The van der Waals surface area contributed by atoms with Gasteiger partial charge in [-0.1, -0.05) is 41.9 Å². The largest absolute Gasteiger partial charge is 0.495 e. The SMILES string of the molecule is COc1ccc(CNC(=O)Nc2c(C)nc3c(C)cc(-c4ccc(CN5CCN(CCO)CC5)cc4)cn23)cc1Cl. The first-order chi connectivity index (χ1) is 19.8. The predicted octanol–water partition coefficient (Wildman–Crippen LogP) is 4.71. The Bertz CT molecular complexity index is 1510. The first-order valence-corrected chi connectivity index (χ1v) is 14.2. The van der Waals surface area contributed by atoms with Crippen LogP contribution in [0, 0.1) is 13.8 Å². The lowest BCUT2D eigenvalue weighted by molar-refractivity contribution is 0.108. The van der Waals surface area contributed by atoms with E-state index in [0.717, 1.165) is 72.9 Å². The van der Waals surface area contributed by atoms with Crippen molar-refractivity contribution in [3.63, 3.8) is 0 Å². The fraction of sp³-hybridized carbons (Fsp3) is 0.355. The van der Waals surface area contributed by atoms with Crippen LogP contribution in [-0.2, 0) is 13.1 Å². The molecule has 9 nitrogen and oxygen atoms in total. The molecule has 216 valence electrons. The zero-order chi connectivity index (χ0) is 28.9. The quantitative estimate of drug-likeness (QED) is 0.267. The third kappa shape index (κ3) is 6.82. The summed E-state index contributed by atoms with van der Waals surface area (Å²) in [6.45, 7) is 10.1. The molecule has 0 spiro atoms. The number of β-amino-alcohol motifs (C(OH)–C–C–N with tert-alkyl or cyclic N) is 1. The lowest BCUT2D eigenvalue weighted by Gasteiger charge is -2.34. The molecule has 4 aromatic rings. The standard InChI is InChI=1S/C31H37ClN6O3/c1-21-16-26(25-7-4-23(5-8-25)19-37-12-10-36(11-13-37)14-15-39)20-38-29(21)34-22(2)30(38)35-31(40)33-18-24-6-9-28(41-3)27(32)17-24/h4-9,16-17,20,39H,10-15,18-19H2,1-3H3,(H2,33,35,40). The van der Waals surface area contributed by atoms with Crippen molar-refractivity contribution in [2.24, 2.45) is 0 Å². The van der Waals surface area contributed by atoms with Crippen LogP contribution < -0.4 is 15.4 Å². The summed E-state index contributed by atoms with van der Waals surface area (Å²) in [5, 5.41) is 15.5. The molecule has 2 aromatic carbocycles. The summed E-state index contributed by atoms with van der Waals surface area (Å²) in [5.74, 6) is 1.22. The van der Waals surface area contributed by atoms with Crippen LogP contribution in [-0.4, -0.2) is 76.8 Å². The molecule has 10 heteroatoms. The van der Waals surface area contributed by atoms with Crippen molar-refractivity contribution >= 4 is 29.1 Å². The highest BCUT2D eigenvalue weighted by Crippen LogP contribution is 2.28. The Balaban J connectivity index is 1.27. The number of fused-ring (bicyclic) bond motifs is 1. The average molecular weight is 577 g/mol. The Kier molecular flexibility index (Phi) is 9.09. The first-order valence-electron chi connectivity index (χ1n) is 13.9. The van der Waals surface area contributed by atoms with Crippen LogP contribution in [0.4, 0.5) is 10.6 Å². The second kappa shape index (κ2) is 12.9. The molecule has 0 radical (unpaired) electrons. The van der Waals surface area contributed by atoms with Crippen molar-refractivity contribution in [1.29, 1.82) is 0 Å².